The molecule has 0 fully saturated rings. The van der Waals surface area contributed by atoms with Crippen LogP contribution >= 0.6 is 0 Å². The van der Waals surface area contributed by atoms with Gasteiger partial charge >= 0.3 is 0 Å². The molecule has 0 aromatic carbocycles. The van der Waals surface area contributed by atoms with E-state index in [9.17, 15) is 0 Å². The number of unbranched alkanes of at least 4 members (excludes halogenated alkanes) is 2. The summed E-state index contributed by atoms with van der Waals surface area (Å²) in [6, 6.07) is 1.90. The average Bonchev–Trinajstić information content (AvgIpc) is 2.38. The van der Waals surface area contributed by atoms with Crippen molar-refractivity contribution in [2.45, 2.75) is 59.3 Å². The maximum atomic E-state index is 5.91. The third-order valence-electron chi connectivity index (χ3n) is 3.15. The van der Waals surface area contributed by atoms with Crippen LogP contribution in [0.2, 0.25) is 0 Å². The van der Waals surface area contributed by atoms with Crippen molar-refractivity contribution < 1.29 is 0 Å². The van der Waals surface area contributed by atoms with E-state index in [1.54, 1.807) is 0 Å². The molecule has 0 saturated carbocycles. The van der Waals surface area contributed by atoms with Crippen molar-refractivity contribution >= 4 is 11.6 Å². The van der Waals surface area contributed by atoms with Gasteiger partial charge in [0.15, 0.2) is 0 Å². The maximum absolute atomic E-state index is 5.91. The van der Waals surface area contributed by atoms with Crippen molar-refractivity contribution in [3.05, 3.63) is 11.9 Å². The maximum Gasteiger partial charge on any atom is 0.135 e. The van der Waals surface area contributed by atoms with Crippen LogP contribution in [0, 0.1) is 0 Å². The first-order valence-corrected chi connectivity index (χ1v) is 7.47. The number of hydrogen-bond donors (Lipinski definition) is 1. The van der Waals surface area contributed by atoms with Gasteiger partial charge in [-0.05, 0) is 12.8 Å². The summed E-state index contributed by atoms with van der Waals surface area (Å²) >= 11 is 0. The van der Waals surface area contributed by atoms with E-state index >= 15 is 0 Å². The molecule has 0 amide bonds. The number of aromatic nitrogens is 2. The Morgan fingerprint density at radius 3 is 2.16 bits per heavy atom. The molecule has 2 N–H and O–H groups in total. The minimum Gasteiger partial charge on any atom is -0.384 e. The number of nitrogens with two attached hydrogens (primary N) is 1. The molecule has 0 aliphatic rings. The summed E-state index contributed by atoms with van der Waals surface area (Å²) in [5.74, 6) is 2.71. The lowest BCUT2D eigenvalue weighted by Crippen LogP contribution is -2.27. The minimum absolute atomic E-state index is 0.307. The van der Waals surface area contributed by atoms with Gasteiger partial charge < -0.3 is 10.6 Å². The quantitative estimate of drug-likeness (QED) is 0.779. The molecule has 1 aromatic heterocycles. The topological polar surface area (TPSA) is 55.0 Å². The Morgan fingerprint density at radius 1 is 1.11 bits per heavy atom. The number of rotatable bonds is 8. The van der Waals surface area contributed by atoms with Crippen LogP contribution in [0.25, 0.3) is 0 Å². The van der Waals surface area contributed by atoms with Crippen LogP contribution in [0.5, 0.6) is 0 Å². The molecule has 0 bridgehead atoms. The van der Waals surface area contributed by atoms with E-state index in [1.165, 1.54) is 25.7 Å². The van der Waals surface area contributed by atoms with E-state index in [-0.39, 0.29) is 0 Å². The second-order valence-corrected chi connectivity index (χ2v) is 5.36. The third-order valence-corrected chi connectivity index (χ3v) is 3.15. The van der Waals surface area contributed by atoms with Crippen LogP contribution in [-0.4, -0.2) is 23.1 Å². The normalized spacial score (nSPS) is 11.0. The fourth-order valence-electron chi connectivity index (χ4n) is 1.93. The van der Waals surface area contributed by atoms with Gasteiger partial charge in [-0.3, -0.25) is 0 Å². The van der Waals surface area contributed by atoms with Crippen LogP contribution in [-0.2, 0) is 0 Å². The second-order valence-electron chi connectivity index (χ2n) is 5.36. The first kappa shape index (κ1) is 15.7. The fraction of sp³-hybridized carbons (Fsp3) is 0.733. The smallest absolute Gasteiger partial charge is 0.135 e. The number of anilines is 2. The van der Waals surface area contributed by atoms with E-state index in [1.807, 2.05) is 6.07 Å². The molecule has 0 atom stereocenters. The Bertz CT molecular complexity index is 368. The van der Waals surface area contributed by atoms with Crippen LogP contribution < -0.4 is 10.6 Å². The highest BCUT2D eigenvalue weighted by molar-refractivity contribution is 5.47. The average molecular weight is 264 g/mol. The highest BCUT2D eigenvalue weighted by Crippen LogP contribution is 2.19. The zero-order valence-corrected chi connectivity index (χ0v) is 12.8. The van der Waals surface area contributed by atoms with Gasteiger partial charge in [-0.1, -0.05) is 40.5 Å². The van der Waals surface area contributed by atoms with Crippen LogP contribution in [0.4, 0.5) is 11.6 Å². The predicted octanol–water partition coefficient (Wildman–Crippen LogP) is 3.59. The van der Waals surface area contributed by atoms with Crippen molar-refractivity contribution in [3.8, 4) is 0 Å². The molecular weight excluding hydrogens is 236 g/mol. The summed E-state index contributed by atoms with van der Waals surface area (Å²) < 4.78 is 0. The zero-order valence-electron chi connectivity index (χ0n) is 12.8. The molecule has 4 heteroatoms. The van der Waals surface area contributed by atoms with Crippen molar-refractivity contribution in [2.75, 3.05) is 23.7 Å². The molecule has 0 unspecified atom stereocenters. The van der Waals surface area contributed by atoms with Crippen molar-refractivity contribution in [3.63, 3.8) is 0 Å². The third kappa shape index (κ3) is 5.05. The van der Waals surface area contributed by atoms with Crippen LogP contribution in [0.3, 0.4) is 0 Å². The van der Waals surface area contributed by atoms with E-state index in [2.05, 4.69) is 42.6 Å². The van der Waals surface area contributed by atoms with Gasteiger partial charge in [-0.25, -0.2) is 9.97 Å². The fourth-order valence-corrected chi connectivity index (χ4v) is 1.93. The number of nitrogens with zero attached hydrogens (tertiary/aromatic N) is 3. The standard InChI is InChI=1S/C15H28N4/c1-5-7-9-19(10-8-6-2)14-11-13(16)17-15(18-14)12(3)4/h11-12H,5-10H2,1-4H3,(H2,16,17,18). The Kier molecular flexibility index (Phi) is 6.60. The molecule has 1 aromatic rings. The van der Waals surface area contributed by atoms with Crippen molar-refractivity contribution in [2.24, 2.45) is 0 Å². The Hall–Kier alpha value is -1.32. The van der Waals surface area contributed by atoms with Crippen LogP contribution in [0.15, 0.2) is 6.07 Å². The lowest BCUT2D eigenvalue weighted by molar-refractivity contribution is 0.664. The van der Waals surface area contributed by atoms with Crippen LogP contribution in [0.1, 0.15) is 65.1 Å². The summed E-state index contributed by atoms with van der Waals surface area (Å²) in [4.78, 5) is 11.3. The zero-order chi connectivity index (χ0) is 14.3. The number of nitrogen functional groups attached to an aromatic ring is 1. The lowest BCUT2D eigenvalue weighted by atomic mass is 10.2. The molecular formula is C15H28N4. The summed E-state index contributed by atoms with van der Waals surface area (Å²) in [6.07, 6.45) is 4.76. The monoisotopic (exact) mass is 264 g/mol. The van der Waals surface area contributed by atoms with Gasteiger partial charge in [0, 0.05) is 25.1 Å². The second kappa shape index (κ2) is 7.97. The molecule has 0 radical (unpaired) electrons. The predicted molar refractivity (Wildman–Crippen MR) is 82.6 cm³/mol. The molecule has 0 aliphatic heterocycles. The van der Waals surface area contributed by atoms with Gasteiger partial charge in [0.25, 0.3) is 0 Å². The summed E-state index contributed by atoms with van der Waals surface area (Å²) in [5.41, 5.74) is 5.91. The lowest BCUT2D eigenvalue weighted by Gasteiger charge is -2.24. The molecule has 108 valence electrons. The molecule has 0 aliphatic carbocycles. The van der Waals surface area contributed by atoms with Gasteiger partial charge in [0.1, 0.15) is 17.5 Å². The SMILES string of the molecule is CCCCN(CCCC)c1cc(N)nc(C(C)C)n1. The van der Waals surface area contributed by atoms with E-state index in [0.717, 1.165) is 24.7 Å². The minimum atomic E-state index is 0.307. The largest absolute Gasteiger partial charge is 0.384 e. The van der Waals surface area contributed by atoms with E-state index in [4.69, 9.17) is 5.73 Å². The highest BCUT2D eigenvalue weighted by atomic mass is 15.2. The van der Waals surface area contributed by atoms with Gasteiger partial charge in [0.2, 0.25) is 0 Å². The Morgan fingerprint density at radius 2 is 1.68 bits per heavy atom. The number of hydrogen-bond acceptors (Lipinski definition) is 4. The summed E-state index contributed by atoms with van der Waals surface area (Å²) in [6.45, 7) is 10.7. The molecule has 0 spiro atoms. The van der Waals surface area contributed by atoms with E-state index in [0.29, 0.717) is 11.7 Å². The first-order valence-electron chi connectivity index (χ1n) is 7.47. The molecule has 1 rings (SSSR count). The van der Waals surface area contributed by atoms with Gasteiger partial charge in [-0.15, -0.1) is 0 Å². The van der Waals surface area contributed by atoms with Gasteiger partial charge in [0.05, 0.1) is 0 Å². The summed E-state index contributed by atoms with van der Waals surface area (Å²) in [5, 5.41) is 0. The first-order chi connectivity index (χ1) is 9.08. The highest BCUT2D eigenvalue weighted by Gasteiger charge is 2.12. The summed E-state index contributed by atoms with van der Waals surface area (Å²) in [7, 11) is 0. The van der Waals surface area contributed by atoms with Crippen molar-refractivity contribution in [1.82, 2.24) is 9.97 Å². The molecule has 1 heterocycles. The van der Waals surface area contributed by atoms with Crippen molar-refractivity contribution in [1.29, 1.82) is 0 Å². The Balaban J connectivity index is 2.92. The van der Waals surface area contributed by atoms with E-state index < -0.39 is 0 Å². The molecule has 0 saturated heterocycles. The molecule has 4 nitrogen and oxygen atoms in total. The molecule has 19 heavy (non-hydrogen) atoms. The van der Waals surface area contributed by atoms with Gasteiger partial charge in [-0.2, -0.15) is 0 Å². The Labute approximate surface area is 117 Å².